The zero-order valence-electron chi connectivity index (χ0n) is 11.3. The molecule has 2 nitrogen and oxygen atoms in total. The number of rotatable bonds is 6. The lowest BCUT2D eigenvalue weighted by molar-refractivity contribution is 0.225. The molecule has 0 spiro atoms. The summed E-state index contributed by atoms with van der Waals surface area (Å²) in [6.45, 7) is 8.56. The molecule has 0 saturated heterocycles. The normalized spacial score (nSPS) is 13.3. The molecule has 18 heavy (non-hydrogen) atoms. The molecular weight excluding hydrogens is 267 g/mol. The van der Waals surface area contributed by atoms with E-state index in [-0.39, 0.29) is 6.04 Å². The average molecular weight is 289 g/mol. The van der Waals surface area contributed by atoms with E-state index in [4.69, 9.17) is 28.9 Å². The molecule has 0 heterocycles. The smallest absolute Gasteiger partial charge is 0.0640 e. The Morgan fingerprint density at radius 2 is 1.94 bits per heavy atom. The van der Waals surface area contributed by atoms with Crippen molar-refractivity contribution in [2.45, 2.75) is 39.3 Å². The fraction of sp³-hybridized carbons (Fsp3) is 0.571. The van der Waals surface area contributed by atoms with Crippen LogP contribution in [0.4, 0.5) is 0 Å². The highest BCUT2D eigenvalue weighted by Crippen LogP contribution is 2.30. The summed E-state index contributed by atoms with van der Waals surface area (Å²) in [4.78, 5) is 2.39. The van der Waals surface area contributed by atoms with Gasteiger partial charge in [0.25, 0.3) is 0 Å². The highest BCUT2D eigenvalue weighted by Gasteiger charge is 2.14. The van der Waals surface area contributed by atoms with Gasteiger partial charge in [0.2, 0.25) is 0 Å². The van der Waals surface area contributed by atoms with Crippen molar-refractivity contribution >= 4 is 23.2 Å². The van der Waals surface area contributed by atoms with Gasteiger partial charge >= 0.3 is 0 Å². The molecule has 2 N–H and O–H groups in total. The lowest BCUT2D eigenvalue weighted by Gasteiger charge is -2.26. The SMILES string of the molecule is CCN(CCC(N)c1cccc(Cl)c1Cl)C(C)C. The lowest BCUT2D eigenvalue weighted by Crippen LogP contribution is -2.33. The Hall–Kier alpha value is -0.280. The van der Waals surface area contributed by atoms with E-state index in [0.29, 0.717) is 16.1 Å². The molecule has 0 aromatic heterocycles. The van der Waals surface area contributed by atoms with Crippen molar-refractivity contribution < 1.29 is 0 Å². The van der Waals surface area contributed by atoms with Crippen LogP contribution in [-0.2, 0) is 0 Å². The van der Waals surface area contributed by atoms with Crippen LogP contribution in [0.2, 0.25) is 10.0 Å². The van der Waals surface area contributed by atoms with E-state index in [2.05, 4.69) is 25.7 Å². The molecule has 0 aliphatic carbocycles. The first-order valence-corrected chi connectivity index (χ1v) is 7.16. The molecule has 0 radical (unpaired) electrons. The quantitative estimate of drug-likeness (QED) is 0.853. The molecular formula is C14H22Cl2N2. The minimum Gasteiger partial charge on any atom is -0.324 e. The fourth-order valence-corrected chi connectivity index (χ4v) is 2.50. The summed E-state index contributed by atoms with van der Waals surface area (Å²) in [7, 11) is 0. The summed E-state index contributed by atoms with van der Waals surface area (Å²) in [6.07, 6.45) is 0.881. The molecule has 0 fully saturated rings. The van der Waals surface area contributed by atoms with Gasteiger partial charge in [-0.3, -0.25) is 0 Å². The number of benzene rings is 1. The Balaban J connectivity index is 2.65. The highest BCUT2D eigenvalue weighted by atomic mass is 35.5. The minimum atomic E-state index is -0.0657. The molecule has 1 atom stereocenters. The van der Waals surface area contributed by atoms with Crippen LogP contribution in [-0.4, -0.2) is 24.0 Å². The standard InChI is InChI=1S/C14H22Cl2N2/c1-4-18(10(2)3)9-8-13(17)11-6-5-7-12(15)14(11)16/h5-7,10,13H,4,8-9,17H2,1-3H3. The summed E-state index contributed by atoms with van der Waals surface area (Å²) in [5.41, 5.74) is 7.13. The third kappa shape index (κ3) is 4.13. The maximum atomic E-state index is 6.20. The van der Waals surface area contributed by atoms with Crippen molar-refractivity contribution in [2.24, 2.45) is 5.73 Å². The maximum Gasteiger partial charge on any atom is 0.0640 e. The van der Waals surface area contributed by atoms with E-state index in [1.54, 1.807) is 6.07 Å². The molecule has 1 aromatic rings. The summed E-state index contributed by atoms with van der Waals surface area (Å²) in [5, 5.41) is 1.15. The summed E-state index contributed by atoms with van der Waals surface area (Å²) in [5.74, 6) is 0. The Morgan fingerprint density at radius 1 is 1.28 bits per heavy atom. The first-order chi connectivity index (χ1) is 8.47. The van der Waals surface area contributed by atoms with Gasteiger partial charge in [0.15, 0.2) is 0 Å². The van der Waals surface area contributed by atoms with Crippen LogP contribution in [0.3, 0.4) is 0 Å². The number of hydrogen-bond acceptors (Lipinski definition) is 2. The second-order valence-corrected chi connectivity index (χ2v) is 5.55. The van der Waals surface area contributed by atoms with Crippen LogP contribution in [0.15, 0.2) is 18.2 Å². The molecule has 1 unspecified atom stereocenters. The predicted octanol–water partition coefficient (Wildman–Crippen LogP) is 4.11. The average Bonchev–Trinajstić information content (AvgIpc) is 2.32. The molecule has 0 bridgehead atoms. The van der Waals surface area contributed by atoms with Crippen molar-refractivity contribution in [3.8, 4) is 0 Å². The zero-order chi connectivity index (χ0) is 13.7. The lowest BCUT2D eigenvalue weighted by atomic mass is 10.0. The second kappa shape index (κ2) is 7.34. The molecule has 1 rings (SSSR count). The number of hydrogen-bond donors (Lipinski definition) is 1. The van der Waals surface area contributed by atoms with E-state index in [1.165, 1.54) is 0 Å². The van der Waals surface area contributed by atoms with E-state index in [0.717, 1.165) is 25.1 Å². The summed E-state index contributed by atoms with van der Waals surface area (Å²) >= 11 is 12.2. The van der Waals surface area contributed by atoms with Gasteiger partial charge in [-0.15, -0.1) is 0 Å². The monoisotopic (exact) mass is 288 g/mol. The predicted molar refractivity (Wildman–Crippen MR) is 80.4 cm³/mol. The Morgan fingerprint density at radius 3 is 2.50 bits per heavy atom. The zero-order valence-corrected chi connectivity index (χ0v) is 12.8. The molecule has 4 heteroatoms. The van der Waals surface area contributed by atoms with Gasteiger partial charge < -0.3 is 10.6 Å². The van der Waals surface area contributed by atoms with Crippen LogP contribution >= 0.6 is 23.2 Å². The van der Waals surface area contributed by atoms with Gasteiger partial charge in [-0.2, -0.15) is 0 Å². The van der Waals surface area contributed by atoms with E-state index in [1.807, 2.05) is 12.1 Å². The number of nitrogens with two attached hydrogens (primary N) is 1. The largest absolute Gasteiger partial charge is 0.324 e. The van der Waals surface area contributed by atoms with Crippen molar-refractivity contribution in [2.75, 3.05) is 13.1 Å². The topological polar surface area (TPSA) is 29.3 Å². The molecule has 0 aliphatic rings. The third-order valence-corrected chi connectivity index (χ3v) is 4.08. The molecule has 102 valence electrons. The second-order valence-electron chi connectivity index (χ2n) is 4.76. The van der Waals surface area contributed by atoms with Crippen LogP contribution in [0.5, 0.6) is 0 Å². The summed E-state index contributed by atoms with van der Waals surface area (Å²) < 4.78 is 0. The number of halogens is 2. The van der Waals surface area contributed by atoms with Gasteiger partial charge in [0.1, 0.15) is 0 Å². The number of nitrogens with zero attached hydrogens (tertiary/aromatic N) is 1. The Bertz CT molecular complexity index is 380. The van der Waals surface area contributed by atoms with E-state index >= 15 is 0 Å². The Labute approximate surface area is 120 Å². The van der Waals surface area contributed by atoms with E-state index in [9.17, 15) is 0 Å². The molecule has 0 saturated carbocycles. The molecule has 0 amide bonds. The fourth-order valence-electron chi connectivity index (χ4n) is 2.05. The van der Waals surface area contributed by atoms with Gasteiger partial charge in [-0.25, -0.2) is 0 Å². The molecule has 0 aliphatic heterocycles. The van der Waals surface area contributed by atoms with Crippen LogP contribution in [0, 0.1) is 0 Å². The third-order valence-electron chi connectivity index (χ3n) is 3.24. The maximum absolute atomic E-state index is 6.20. The Kier molecular flexibility index (Phi) is 6.44. The first-order valence-electron chi connectivity index (χ1n) is 6.40. The van der Waals surface area contributed by atoms with Crippen molar-refractivity contribution in [1.82, 2.24) is 4.90 Å². The van der Waals surface area contributed by atoms with Gasteiger partial charge in [0, 0.05) is 18.6 Å². The first kappa shape index (κ1) is 15.8. The molecule has 1 aromatic carbocycles. The van der Waals surface area contributed by atoms with Crippen molar-refractivity contribution in [3.05, 3.63) is 33.8 Å². The van der Waals surface area contributed by atoms with Gasteiger partial charge in [-0.05, 0) is 38.4 Å². The van der Waals surface area contributed by atoms with E-state index < -0.39 is 0 Å². The van der Waals surface area contributed by atoms with Gasteiger partial charge in [-0.1, -0.05) is 42.3 Å². The highest BCUT2D eigenvalue weighted by molar-refractivity contribution is 6.42. The van der Waals surface area contributed by atoms with Crippen LogP contribution < -0.4 is 5.73 Å². The van der Waals surface area contributed by atoms with Crippen molar-refractivity contribution in [1.29, 1.82) is 0 Å². The summed E-state index contributed by atoms with van der Waals surface area (Å²) in [6, 6.07) is 6.10. The van der Waals surface area contributed by atoms with Gasteiger partial charge in [0.05, 0.1) is 10.0 Å². The van der Waals surface area contributed by atoms with Crippen LogP contribution in [0.25, 0.3) is 0 Å². The van der Waals surface area contributed by atoms with Crippen LogP contribution in [0.1, 0.15) is 38.8 Å². The minimum absolute atomic E-state index is 0.0657. The van der Waals surface area contributed by atoms with Crippen molar-refractivity contribution in [3.63, 3.8) is 0 Å².